The van der Waals surface area contributed by atoms with Crippen LogP contribution in [0.25, 0.3) is 0 Å². The topological polar surface area (TPSA) is 95.1 Å². The number of rotatable bonds is 12. The highest BCUT2D eigenvalue weighted by molar-refractivity contribution is 6.02. The zero-order valence-electron chi connectivity index (χ0n) is 23.4. The molecule has 1 aliphatic rings. The molecule has 40 heavy (non-hydrogen) atoms. The summed E-state index contributed by atoms with van der Waals surface area (Å²) in [4.78, 5) is 31.1. The zero-order chi connectivity index (χ0) is 28.6. The van der Waals surface area contributed by atoms with Crippen LogP contribution in [0, 0.1) is 5.82 Å². The smallest absolute Gasteiger partial charge is 0.247 e. The fraction of sp³-hybridized carbons (Fsp3) is 0.345. The molecule has 1 atom stereocenters. The van der Waals surface area contributed by atoms with Gasteiger partial charge in [0, 0.05) is 32.3 Å². The summed E-state index contributed by atoms with van der Waals surface area (Å²) < 4.78 is 19.4. The van der Waals surface area contributed by atoms with E-state index in [-0.39, 0.29) is 17.8 Å². The lowest BCUT2D eigenvalue weighted by Gasteiger charge is -2.26. The van der Waals surface area contributed by atoms with E-state index in [9.17, 15) is 9.18 Å². The summed E-state index contributed by atoms with van der Waals surface area (Å²) in [5, 5.41) is 7.95. The zero-order valence-corrected chi connectivity index (χ0v) is 23.4. The van der Waals surface area contributed by atoms with Crippen LogP contribution < -0.4 is 25.3 Å². The van der Waals surface area contributed by atoms with Gasteiger partial charge in [-0.15, -0.1) is 0 Å². The number of ether oxygens (including phenoxy) is 1. The molecule has 4 rings (SSSR count). The van der Waals surface area contributed by atoms with E-state index in [4.69, 9.17) is 9.57 Å². The van der Waals surface area contributed by atoms with Crippen molar-refractivity contribution in [2.24, 2.45) is 0 Å². The third-order valence-corrected chi connectivity index (χ3v) is 6.57. The first-order valence-electron chi connectivity index (χ1n) is 13.0. The summed E-state index contributed by atoms with van der Waals surface area (Å²) in [5.74, 6) is 1.08. The molecule has 1 fully saturated rings. The van der Waals surface area contributed by atoms with E-state index in [1.54, 1.807) is 30.4 Å². The largest absolute Gasteiger partial charge is 0.494 e. The molecule has 2 N–H and O–H groups in total. The molecule has 0 saturated carbocycles. The second-order valence-electron chi connectivity index (χ2n) is 9.81. The monoisotopic (exact) mass is 549 g/mol. The Labute approximate surface area is 234 Å². The summed E-state index contributed by atoms with van der Waals surface area (Å²) in [6, 6.07) is 12.1. The number of carbonyl (C=O) groups is 1. The molecular weight excluding hydrogens is 513 g/mol. The number of amides is 1. The molecule has 1 saturated heterocycles. The van der Waals surface area contributed by atoms with Crippen molar-refractivity contribution in [3.63, 3.8) is 0 Å². The summed E-state index contributed by atoms with van der Waals surface area (Å²) in [7, 11) is 7.57. The molecular formula is C29H36FN7O3. The number of likely N-dealkylation sites (N-methyl/N-ethyl adjacent to an activating group) is 2. The van der Waals surface area contributed by atoms with Gasteiger partial charge in [-0.05, 0) is 56.8 Å². The lowest BCUT2D eigenvalue weighted by molar-refractivity contribution is -0.111. The Hall–Kier alpha value is -4.22. The highest BCUT2D eigenvalue weighted by atomic mass is 19.1. The Kier molecular flexibility index (Phi) is 9.52. The Balaban J connectivity index is 1.59. The van der Waals surface area contributed by atoms with Crippen molar-refractivity contribution in [2.75, 3.05) is 68.5 Å². The van der Waals surface area contributed by atoms with Crippen molar-refractivity contribution >= 4 is 34.6 Å². The van der Waals surface area contributed by atoms with Crippen molar-refractivity contribution in [3.05, 3.63) is 72.8 Å². The molecule has 0 aliphatic carbocycles. The average Bonchev–Trinajstić information content (AvgIpc) is 3.40. The standard InChI is InChI=1S/C29H36FN7O3/c1-6-29(38)34-23-16-24(26(39-5)17-25(23)36(4)12-11-35(2)3)33-27-18-28(32-19-31-27)37-22(10-13-40-37)15-20-8-7-9-21(30)14-20/h6-9,14,16-19,22H,1,10-13,15H2,2-5H3,(H,34,38)(H,31,32,33)/t22-/m1/s1. The first kappa shape index (κ1) is 28.8. The molecule has 1 aliphatic heterocycles. The maximum Gasteiger partial charge on any atom is 0.247 e. The first-order chi connectivity index (χ1) is 19.3. The lowest BCUT2D eigenvalue weighted by atomic mass is 10.0. The minimum Gasteiger partial charge on any atom is -0.494 e. The molecule has 0 unspecified atom stereocenters. The number of aromatic nitrogens is 2. The third kappa shape index (κ3) is 7.25. The van der Waals surface area contributed by atoms with Crippen molar-refractivity contribution in [1.29, 1.82) is 0 Å². The summed E-state index contributed by atoms with van der Waals surface area (Å²) in [6.07, 6.45) is 4.09. The molecule has 0 spiro atoms. The van der Waals surface area contributed by atoms with E-state index >= 15 is 0 Å². The van der Waals surface area contributed by atoms with E-state index < -0.39 is 0 Å². The van der Waals surface area contributed by atoms with Gasteiger partial charge in [0.15, 0.2) is 5.82 Å². The van der Waals surface area contributed by atoms with Gasteiger partial charge < -0.3 is 25.2 Å². The fourth-order valence-corrected chi connectivity index (χ4v) is 4.46. The molecule has 2 heterocycles. The van der Waals surface area contributed by atoms with Gasteiger partial charge in [-0.2, -0.15) is 0 Å². The Bertz CT molecular complexity index is 1340. The van der Waals surface area contributed by atoms with Crippen LogP contribution in [0.1, 0.15) is 12.0 Å². The maximum atomic E-state index is 13.7. The quantitative estimate of drug-likeness (QED) is 0.322. The summed E-state index contributed by atoms with van der Waals surface area (Å²) >= 11 is 0. The van der Waals surface area contributed by atoms with Gasteiger partial charge in [-0.25, -0.2) is 19.4 Å². The van der Waals surface area contributed by atoms with Crippen LogP contribution in [0.5, 0.6) is 5.75 Å². The van der Waals surface area contributed by atoms with Gasteiger partial charge >= 0.3 is 0 Å². The second-order valence-corrected chi connectivity index (χ2v) is 9.81. The number of benzene rings is 2. The molecule has 212 valence electrons. The maximum absolute atomic E-state index is 13.7. The number of hydrogen-bond acceptors (Lipinski definition) is 9. The number of carbonyl (C=O) groups excluding carboxylic acids is 1. The van der Waals surface area contributed by atoms with Crippen LogP contribution in [-0.2, 0) is 16.1 Å². The fourth-order valence-electron chi connectivity index (χ4n) is 4.46. The van der Waals surface area contributed by atoms with Crippen LogP contribution in [0.4, 0.5) is 33.1 Å². The van der Waals surface area contributed by atoms with Crippen molar-refractivity contribution in [3.8, 4) is 5.75 Å². The highest BCUT2D eigenvalue weighted by Gasteiger charge is 2.28. The van der Waals surface area contributed by atoms with Gasteiger partial charge in [-0.1, -0.05) is 18.7 Å². The van der Waals surface area contributed by atoms with Gasteiger partial charge in [-0.3, -0.25) is 9.63 Å². The number of methoxy groups -OCH3 is 1. The van der Waals surface area contributed by atoms with Crippen LogP contribution in [0.15, 0.2) is 61.4 Å². The molecule has 0 radical (unpaired) electrons. The van der Waals surface area contributed by atoms with Gasteiger partial charge in [0.05, 0.1) is 36.8 Å². The Morgan fingerprint density at radius 3 is 2.75 bits per heavy atom. The van der Waals surface area contributed by atoms with Crippen molar-refractivity contribution in [2.45, 2.75) is 18.9 Å². The van der Waals surface area contributed by atoms with Crippen LogP contribution >= 0.6 is 0 Å². The van der Waals surface area contributed by atoms with Crippen molar-refractivity contribution in [1.82, 2.24) is 14.9 Å². The SMILES string of the molecule is C=CC(=O)Nc1cc(Nc2cc(N3OCC[C@@H]3Cc3cccc(F)c3)ncn2)c(OC)cc1N(C)CCN(C)C. The Morgan fingerprint density at radius 1 is 1.20 bits per heavy atom. The molecule has 10 nitrogen and oxygen atoms in total. The number of anilines is 5. The summed E-state index contributed by atoms with van der Waals surface area (Å²) in [6.45, 7) is 5.68. The molecule has 1 amide bonds. The van der Waals surface area contributed by atoms with E-state index in [1.807, 2.05) is 39.3 Å². The number of halogens is 1. The molecule has 3 aromatic rings. The lowest BCUT2D eigenvalue weighted by Crippen LogP contribution is -2.30. The highest BCUT2D eigenvalue weighted by Crippen LogP contribution is 2.38. The number of nitrogens with zero attached hydrogens (tertiary/aromatic N) is 5. The summed E-state index contributed by atoms with van der Waals surface area (Å²) in [5.41, 5.74) is 2.90. The van der Waals surface area contributed by atoms with Crippen LogP contribution in [0.2, 0.25) is 0 Å². The van der Waals surface area contributed by atoms with E-state index in [0.29, 0.717) is 41.8 Å². The number of hydrogen-bond donors (Lipinski definition) is 2. The first-order valence-corrected chi connectivity index (χ1v) is 13.0. The number of hydroxylamine groups is 1. The minimum atomic E-state index is -0.321. The van der Waals surface area contributed by atoms with Crippen molar-refractivity contribution < 1.29 is 18.8 Å². The minimum absolute atomic E-state index is 0.00297. The van der Waals surface area contributed by atoms with Crippen LogP contribution in [0.3, 0.4) is 0 Å². The van der Waals surface area contributed by atoms with E-state index in [1.165, 1.54) is 18.5 Å². The average molecular weight is 550 g/mol. The van der Waals surface area contributed by atoms with Gasteiger partial charge in [0.25, 0.3) is 0 Å². The van der Waals surface area contributed by atoms with Crippen LogP contribution in [-0.4, -0.2) is 74.8 Å². The molecule has 1 aromatic heterocycles. The predicted molar refractivity (Wildman–Crippen MR) is 156 cm³/mol. The normalized spacial score (nSPS) is 14.8. The second kappa shape index (κ2) is 13.2. The molecule has 0 bridgehead atoms. The van der Waals surface area contributed by atoms with Gasteiger partial charge in [0.1, 0.15) is 23.7 Å². The predicted octanol–water partition coefficient (Wildman–Crippen LogP) is 4.24. The van der Waals surface area contributed by atoms with Gasteiger partial charge in [0.2, 0.25) is 5.91 Å². The number of nitrogens with one attached hydrogen (secondary N) is 2. The van der Waals surface area contributed by atoms with E-state index in [2.05, 4.69) is 37.0 Å². The Morgan fingerprint density at radius 2 is 2.02 bits per heavy atom. The molecule has 2 aromatic carbocycles. The van der Waals surface area contributed by atoms with E-state index in [0.717, 1.165) is 30.8 Å². The molecule has 11 heteroatoms. The third-order valence-electron chi connectivity index (χ3n) is 6.57.